The van der Waals surface area contributed by atoms with Crippen molar-refractivity contribution in [2.75, 3.05) is 7.11 Å². The lowest BCUT2D eigenvalue weighted by Gasteiger charge is -2.08. The van der Waals surface area contributed by atoms with Crippen LogP contribution in [0.2, 0.25) is 0 Å². The van der Waals surface area contributed by atoms with Crippen LogP contribution in [0.4, 0.5) is 4.39 Å². The number of phenols is 1. The van der Waals surface area contributed by atoms with Gasteiger partial charge in [-0.25, -0.2) is 14.2 Å². The topological polar surface area (TPSA) is 108 Å². The highest BCUT2D eigenvalue weighted by Gasteiger charge is 2.20. The van der Waals surface area contributed by atoms with E-state index in [1.54, 1.807) is 12.1 Å². The number of methoxy groups -OCH3 is 1. The summed E-state index contributed by atoms with van der Waals surface area (Å²) in [7, 11) is 1.42. The number of carbonyl (C=O) groups is 1. The molecule has 0 aliphatic heterocycles. The fourth-order valence-electron chi connectivity index (χ4n) is 3.00. The predicted octanol–water partition coefficient (Wildman–Crippen LogP) is 3.84. The van der Waals surface area contributed by atoms with Crippen LogP contribution in [-0.2, 0) is 0 Å². The number of nitrogens with zero attached hydrogens (tertiary/aromatic N) is 2. The Kier molecular flexibility index (Phi) is 4.15. The Morgan fingerprint density at radius 2 is 1.82 bits per heavy atom. The molecule has 2 aromatic carbocycles. The summed E-state index contributed by atoms with van der Waals surface area (Å²) in [6.07, 6.45) is 0. The first-order valence-electron chi connectivity index (χ1n) is 8.23. The lowest BCUT2D eigenvalue weighted by atomic mass is 10.0. The lowest BCUT2D eigenvalue weighted by Crippen LogP contribution is -2.00. The molecule has 7 nitrogen and oxygen atoms in total. The first-order chi connectivity index (χ1) is 13.5. The predicted molar refractivity (Wildman–Crippen MR) is 99.9 cm³/mol. The number of halogens is 1. The van der Waals surface area contributed by atoms with Crippen molar-refractivity contribution >= 4 is 17.0 Å². The van der Waals surface area contributed by atoms with E-state index in [9.17, 15) is 19.4 Å². The minimum atomic E-state index is -1.15. The Labute approximate surface area is 158 Å². The molecule has 140 valence electrons. The Morgan fingerprint density at radius 3 is 2.50 bits per heavy atom. The van der Waals surface area contributed by atoms with Gasteiger partial charge in [0, 0.05) is 11.1 Å². The SMILES string of the molecule is COc1cc(-c2cc(C(=O)O)c3c(-c4ccc(F)cc4)[nH]nc3n2)ccc1O. The zero-order valence-corrected chi connectivity index (χ0v) is 14.6. The fraction of sp³-hybridized carbons (Fsp3) is 0.0500. The number of pyridine rings is 1. The van der Waals surface area contributed by atoms with Crippen molar-refractivity contribution in [3.63, 3.8) is 0 Å². The van der Waals surface area contributed by atoms with Crippen LogP contribution in [0.5, 0.6) is 11.5 Å². The van der Waals surface area contributed by atoms with Crippen LogP contribution in [0.25, 0.3) is 33.5 Å². The third-order valence-corrected chi connectivity index (χ3v) is 4.36. The van der Waals surface area contributed by atoms with Gasteiger partial charge >= 0.3 is 5.97 Å². The molecule has 0 saturated carbocycles. The van der Waals surface area contributed by atoms with Crippen LogP contribution in [0, 0.1) is 5.82 Å². The summed E-state index contributed by atoms with van der Waals surface area (Å²) >= 11 is 0. The van der Waals surface area contributed by atoms with Gasteiger partial charge in [0.2, 0.25) is 0 Å². The van der Waals surface area contributed by atoms with Crippen molar-refractivity contribution in [3.05, 3.63) is 59.9 Å². The normalized spacial score (nSPS) is 10.9. The van der Waals surface area contributed by atoms with Gasteiger partial charge in [-0.2, -0.15) is 5.10 Å². The van der Waals surface area contributed by atoms with Crippen molar-refractivity contribution in [2.45, 2.75) is 0 Å². The molecule has 8 heteroatoms. The molecule has 28 heavy (non-hydrogen) atoms. The number of aromatic nitrogens is 3. The van der Waals surface area contributed by atoms with E-state index in [0.717, 1.165) is 0 Å². The molecule has 0 atom stereocenters. The van der Waals surface area contributed by atoms with Gasteiger partial charge < -0.3 is 14.9 Å². The summed E-state index contributed by atoms with van der Waals surface area (Å²) in [5, 5.41) is 26.8. The largest absolute Gasteiger partial charge is 0.504 e. The van der Waals surface area contributed by atoms with Crippen molar-refractivity contribution in [3.8, 4) is 34.0 Å². The minimum Gasteiger partial charge on any atom is -0.504 e. The molecule has 0 bridgehead atoms. The van der Waals surface area contributed by atoms with Gasteiger partial charge in [-0.3, -0.25) is 5.10 Å². The number of rotatable bonds is 4. The number of carboxylic acids is 1. The molecule has 0 unspecified atom stereocenters. The molecular weight excluding hydrogens is 365 g/mol. The molecule has 0 spiro atoms. The van der Waals surface area contributed by atoms with Gasteiger partial charge in [-0.05, 0) is 48.5 Å². The van der Waals surface area contributed by atoms with Crippen LogP contribution >= 0.6 is 0 Å². The molecule has 4 aromatic rings. The second-order valence-corrected chi connectivity index (χ2v) is 6.05. The average Bonchev–Trinajstić information content (AvgIpc) is 3.12. The summed E-state index contributed by atoms with van der Waals surface area (Å²) in [6, 6.07) is 11.7. The number of benzene rings is 2. The summed E-state index contributed by atoms with van der Waals surface area (Å²) in [4.78, 5) is 16.4. The average molecular weight is 379 g/mol. The van der Waals surface area contributed by atoms with E-state index in [1.165, 1.54) is 43.5 Å². The van der Waals surface area contributed by atoms with Crippen molar-refractivity contribution in [2.24, 2.45) is 0 Å². The molecule has 0 aliphatic rings. The molecule has 0 fully saturated rings. The van der Waals surface area contributed by atoms with Crippen LogP contribution in [0.3, 0.4) is 0 Å². The number of nitrogens with one attached hydrogen (secondary N) is 1. The summed E-state index contributed by atoms with van der Waals surface area (Å²) in [5.41, 5.74) is 2.16. The van der Waals surface area contributed by atoms with Gasteiger partial charge in [0.05, 0.1) is 29.4 Å². The number of carboxylic acid groups (broad SMARTS) is 1. The summed E-state index contributed by atoms with van der Waals surface area (Å²) in [5.74, 6) is -1.34. The number of aromatic hydroxyl groups is 1. The van der Waals surface area contributed by atoms with E-state index in [2.05, 4.69) is 15.2 Å². The minimum absolute atomic E-state index is 0.000108. The third kappa shape index (κ3) is 2.90. The van der Waals surface area contributed by atoms with Gasteiger partial charge in [0.25, 0.3) is 0 Å². The maximum atomic E-state index is 13.2. The number of ether oxygens (including phenoxy) is 1. The van der Waals surface area contributed by atoms with E-state index in [1.807, 2.05) is 0 Å². The van der Waals surface area contributed by atoms with Gasteiger partial charge in [-0.1, -0.05) is 0 Å². The number of phenolic OH excluding ortho intramolecular Hbond substituents is 1. The number of aromatic amines is 1. The molecule has 2 aromatic heterocycles. The highest BCUT2D eigenvalue weighted by atomic mass is 19.1. The van der Waals surface area contributed by atoms with E-state index in [-0.39, 0.29) is 22.7 Å². The van der Waals surface area contributed by atoms with Crippen molar-refractivity contribution in [1.29, 1.82) is 0 Å². The second kappa shape index (κ2) is 6.66. The number of fused-ring (bicyclic) bond motifs is 1. The highest BCUT2D eigenvalue weighted by Crippen LogP contribution is 2.34. The van der Waals surface area contributed by atoms with Crippen LogP contribution < -0.4 is 4.74 Å². The Bertz CT molecular complexity index is 1200. The first-order valence-corrected chi connectivity index (χ1v) is 8.23. The Balaban J connectivity index is 1.93. The number of H-pyrrole nitrogens is 1. The molecule has 4 rings (SSSR count). The number of hydrogen-bond acceptors (Lipinski definition) is 5. The lowest BCUT2D eigenvalue weighted by molar-refractivity contribution is 0.0699. The zero-order chi connectivity index (χ0) is 19.8. The summed E-state index contributed by atoms with van der Waals surface area (Å²) < 4.78 is 18.3. The smallest absolute Gasteiger partial charge is 0.336 e. The first kappa shape index (κ1) is 17.5. The zero-order valence-electron chi connectivity index (χ0n) is 14.6. The second-order valence-electron chi connectivity index (χ2n) is 6.05. The third-order valence-electron chi connectivity index (χ3n) is 4.36. The molecule has 0 amide bonds. The Hall–Kier alpha value is -3.94. The fourth-order valence-corrected chi connectivity index (χ4v) is 3.00. The van der Waals surface area contributed by atoms with E-state index >= 15 is 0 Å². The maximum Gasteiger partial charge on any atom is 0.336 e. The molecule has 0 aliphatic carbocycles. The van der Waals surface area contributed by atoms with Crippen LogP contribution in [0.1, 0.15) is 10.4 Å². The van der Waals surface area contributed by atoms with E-state index in [0.29, 0.717) is 27.9 Å². The van der Waals surface area contributed by atoms with Crippen LogP contribution in [-0.4, -0.2) is 38.5 Å². The number of hydrogen-bond donors (Lipinski definition) is 3. The molecule has 3 N–H and O–H groups in total. The molecule has 0 saturated heterocycles. The van der Waals surface area contributed by atoms with Crippen molar-refractivity contribution in [1.82, 2.24) is 15.2 Å². The maximum absolute atomic E-state index is 13.2. The van der Waals surface area contributed by atoms with Gasteiger partial charge in [0.15, 0.2) is 17.1 Å². The van der Waals surface area contributed by atoms with Crippen molar-refractivity contribution < 1.29 is 24.1 Å². The van der Waals surface area contributed by atoms with E-state index in [4.69, 9.17) is 4.74 Å². The van der Waals surface area contributed by atoms with Gasteiger partial charge in [0.1, 0.15) is 5.82 Å². The quantitative estimate of drug-likeness (QED) is 0.497. The Morgan fingerprint density at radius 1 is 1.11 bits per heavy atom. The molecular formula is C20H14FN3O4. The number of aromatic carboxylic acids is 1. The molecule has 0 radical (unpaired) electrons. The monoisotopic (exact) mass is 379 g/mol. The highest BCUT2D eigenvalue weighted by molar-refractivity contribution is 6.08. The van der Waals surface area contributed by atoms with Gasteiger partial charge in [-0.15, -0.1) is 0 Å². The van der Waals surface area contributed by atoms with Crippen LogP contribution in [0.15, 0.2) is 48.5 Å². The van der Waals surface area contributed by atoms with E-state index < -0.39 is 11.8 Å². The summed E-state index contributed by atoms with van der Waals surface area (Å²) in [6.45, 7) is 0. The standard InChI is InChI=1S/C20H14FN3O4/c1-28-16-8-11(4-7-15(16)25)14-9-13(20(26)27)17-18(23-24-19(17)22-14)10-2-5-12(21)6-3-10/h2-9,25H,1H3,(H,26,27)(H,22,23,24). The molecule has 2 heterocycles.